The van der Waals surface area contributed by atoms with Crippen LogP contribution in [0.1, 0.15) is 25.8 Å². The lowest BCUT2D eigenvalue weighted by molar-refractivity contribution is -0.110. The molecule has 2 N–H and O–H groups in total. The Hall–Kier alpha value is -3.39. The van der Waals surface area contributed by atoms with E-state index < -0.39 is 11.6 Å². The molecular formula is C25H27F2N3O3. The van der Waals surface area contributed by atoms with E-state index >= 15 is 0 Å². The monoisotopic (exact) mass is 455 g/mol. The zero-order chi connectivity index (χ0) is 23.4. The van der Waals surface area contributed by atoms with Gasteiger partial charge in [-0.05, 0) is 49.8 Å². The summed E-state index contributed by atoms with van der Waals surface area (Å²) < 4.78 is 39.2. The second-order valence-electron chi connectivity index (χ2n) is 7.84. The van der Waals surface area contributed by atoms with E-state index in [9.17, 15) is 13.6 Å². The first-order chi connectivity index (χ1) is 16.0. The molecule has 2 heterocycles. The number of nitrogens with one attached hydrogen (secondary N) is 2. The van der Waals surface area contributed by atoms with Crippen LogP contribution in [0.5, 0.6) is 5.75 Å². The molecule has 6 nitrogen and oxygen atoms in total. The van der Waals surface area contributed by atoms with Crippen LogP contribution in [-0.2, 0) is 9.53 Å². The Morgan fingerprint density at radius 3 is 2.73 bits per heavy atom. The van der Waals surface area contributed by atoms with Gasteiger partial charge in [-0.3, -0.25) is 4.79 Å². The maximum atomic E-state index is 14.5. The van der Waals surface area contributed by atoms with Gasteiger partial charge in [0.2, 0.25) is 0 Å². The van der Waals surface area contributed by atoms with E-state index in [0.717, 1.165) is 26.1 Å². The fraction of sp³-hybridized carbons (Fsp3) is 0.320. The molecule has 33 heavy (non-hydrogen) atoms. The van der Waals surface area contributed by atoms with Crippen molar-refractivity contribution in [2.24, 2.45) is 0 Å². The predicted octanol–water partition coefficient (Wildman–Crippen LogP) is 4.76. The molecule has 0 saturated heterocycles. The molecule has 2 aliphatic rings. The number of halogens is 2. The molecule has 2 aromatic rings. The lowest BCUT2D eigenvalue weighted by Crippen LogP contribution is -2.25. The van der Waals surface area contributed by atoms with Crippen molar-refractivity contribution in [2.75, 3.05) is 43.5 Å². The van der Waals surface area contributed by atoms with Crippen LogP contribution in [0.25, 0.3) is 5.57 Å². The fourth-order valence-corrected chi connectivity index (χ4v) is 3.89. The van der Waals surface area contributed by atoms with Gasteiger partial charge in [0.1, 0.15) is 18.2 Å². The first-order valence-electron chi connectivity index (χ1n) is 11.1. The van der Waals surface area contributed by atoms with Crippen LogP contribution in [0.15, 0.2) is 53.9 Å². The van der Waals surface area contributed by atoms with Crippen molar-refractivity contribution in [3.8, 4) is 5.75 Å². The first kappa shape index (κ1) is 22.8. The van der Waals surface area contributed by atoms with Crippen LogP contribution >= 0.6 is 0 Å². The van der Waals surface area contributed by atoms with Gasteiger partial charge in [0.25, 0.3) is 5.91 Å². The molecule has 0 radical (unpaired) electrons. The lowest BCUT2D eigenvalue weighted by Gasteiger charge is -2.17. The van der Waals surface area contributed by atoms with Crippen LogP contribution in [0.3, 0.4) is 0 Å². The molecule has 0 aliphatic carbocycles. The zero-order valence-corrected chi connectivity index (χ0v) is 18.7. The highest BCUT2D eigenvalue weighted by atomic mass is 19.1. The van der Waals surface area contributed by atoms with Gasteiger partial charge in [0, 0.05) is 29.9 Å². The summed E-state index contributed by atoms with van der Waals surface area (Å²) in [5.41, 5.74) is 2.56. The Bertz CT molecular complexity index is 1110. The van der Waals surface area contributed by atoms with Crippen molar-refractivity contribution in [3.63, 3.8) is 0 Å². The number of allylic oxidation sites excluding steroid dienone is 1. The fourth-order valence-electron chi connectivity index (χ4n) is 3.89. The Kier molecular flexibility index (Phi) is 6.93. The number of carbonyl (C=O) groups is 1. The molecule has 2 aliphatic heterocycles. The number of hydrogen-bond donors (Lipinski definition) is 2. The molecule has 0 atom stereocenters. The summed E-state index contributed by atoms with van der Waals surface area (Å²) in [5.74, 6) is -0.632. The third kappa shape index (κ3) is 5.17. The molecule has 0 unspecified atom stereocenters. The third-order valence-electron chi connectivity index (χ3n) is 5.67. The summed E-state index contributed by atoms with van der Waals surface area (Å²) >= 11 is 0. The SMILES string of the molecule is CCN(CC)CCCOc1ccc(NC2=C/C(=C3/C(=O)Nc4cc(F)ccc43)OC2)cc1F. The minimum absolute atomic E-state index is 0.202. The molecular weight excluding hydrogens is 428 g/mol. The van der Waals surface area contributed by atoms with Gasteiger partial charge in [-0.15, -0.1) is 0 Å². The number of benzene rings is 2. The van der Waals surface area contributed by atoms with Gasteiger partial charge < -0.3 is 25.0 Å². The molecule has 8 heteroatoms. The number of amides is 1. The number of anilines is 2. The van der Waals surface area contributed by atoms with E-state index in [1.807, 2.05) is 0 Å². The molecule has 0 bridgehead atoms. The van der Waals surface area contributed by atoms with Crippen LogP contribution in [0.2, 0.25) is 0 Å². The number of nitrogens with zero attached hydrogens (tertiary/aromatic N) is 1. The second kappa shape index (κ2) is 10.0. The van der Waals surface area contributed by atoms with E-state index in [4.69, 9.17) is 9.47 Å². The van der Waals surface area contributed by atoms with Crippen molar-refractivity contribution in [2.45, 2.75) is 20.3 Å². The summed E-state index contributed by atoms with van der Waals surface area (Å²) in [6, 6.07) is 8.81. The smallest absolute Gasteiger partial charge is 0.260 e. The Labute approximate surface area is 191 Å². The quantitative estimate of drug-likeness (QED) is 0.422. The van der Waals surface area contributed by atoms with E-state index in [2.05, 4.69) is 29.4 Å². The minimum Gasteiger partial charge on any atom is -0.490 e. The lowest BCUT2D eigenvalue weighted by atomic mass is 10.1. The Morgan fingerprint density at radius 1 is 1.15 bits per heavy atom. The number of ether oxygens (including phenoxy) is 2. The maximum absolute atomic E-state index is 14.5. The van der Waals surface area contributed by atoms with E-state index in [1.165, 1.54) is 18.2 Å². The largest absolute Gasteiger partial charge is 0.490 e. The first-order valence-corrected chi connectivity index (χ1v) is 11.1. The normalized spacial score (nSPS) is 17.0. The van der Waals surface area contributed by atoms with Crippen molar-refractivity contribution in [1.29, 1.82) is 0 Å². The van der Waals surface area contributed by atoms with E-state index in [1.54, 1.807) is 24.3 Å². The van der Waals surface area contributed by atoms with Gasteiger partial charge in [-0.2, -0.15) is 0 Å². The van der Waals surface area contributed by atoms with Crippen LogP contribution in [0.4, 0.5) is 20.2 Å². The minimum atomic E-state index is -0.452. The summed E-state index contributed by atoms with van der Waals surface area (Å²) in [6.07, 6.45) is 2.52. The maximum Gasteiger partial charge on any atom is 0.260 e. The highest BCUT2D eigenvalue weighted by Gasteiger charge is 2.30. The third-order valence-corrected chi connectivity index (χ3v) is 5.67. The molecule has 1 amide bonds. The summed E-state index contributed by atoms with van der Waals surface area (Å²) in [5, 5.41) is 5.76. The molecule has 2 aromatic carbocycles. The topological polar surface area (TPSA) is 62.8 Å². The molecule has 4 rings (SSSR count). The second-order valence-corrected chi connectivity index (χ2v) is 7.84. The van der Waals surface area contributed by atoms with Gasteiger partial charge >= 0.3 is 0 Å². The highest BCUT2D eigenvalue weighted by Crippen LogP contribution is 2.37. The molecule has 174 valence electrons. The zero-order valence-electron chi connectivity index (χ0n) is 18.7. The van der Waals surface area contributed by atoms with Crippen LogP contribution < -0.4 is 15.4 Å². The van der Waals surface area contributed by atoms with Crippen LogP contribution in [0, 0.1) is 11.6 Å². The number of rotatable bonds is 9. The predicted molar refractivity (Wildman–Crippen MR) is 124 cm³/mol. The Balaban J connectivity index is 1.40. The van der Waals surface area contributed by atoms with Crippen molar-refractivity contribution >= 4 is 22.9 Å². The number of hydrogen-bond acceptors (Lipinski definition) is 5. The van der Waals surface area contributed by atoms with Gasteiger partial charge in [-0.1, -0.05) is 13.8 Å². The van der Waals surface area contributed by atoms with Crippen molar-refractivity contribution < 1.29 is 23.0 Å². The standard InChI is InChI=1S/C25H27F2N3O3/c1-3-30(4-2)10-5-11-32-22-9-7-17(13-20(22)27)28-18-14-23(33-15-18)24-19-8-6-16(26)12-21(19)29-25(24)31/h6-9,12-14,28H,3-5,10-11,15H2,1-2H3,(H,29,31)/b24-23-. The van der Waals surface area contributed by atoms with Crippen molar-refractivity contribution in [1.82, 2.24) is 4.90 Å². The van der Waals surface area contributed by atoms with Gasteiger partial charge in [-0.25, -0.2) is 8.78 Å². The average Bonchev–Trinajstić information content (AvgIpc) is 3.37. The van der Waals surface area contributed by atoms with Gasteiger partial charge in [0.05, 0.1) is 23.6 Å². The summed E-state index contributed by atoms with van der Waals surface area (Å²) in [4.78, 5) is 14.7. The molecule has 0 aromatic heterocycles. The van der Waals surface area contributed by atoms with E-state index in [0.29, 0.717) is 40.6 Å². The summed E-state index contributed by atoms with van der Waals surface area (Å²) in [7, 11) is 0. The van der Waals surface area contributed by atoms with Crippen LogP contribution in [-0.4, -0.2) is 43.7 Å². The molecule has 0 saturated carbocycles. The molecule has 0 spiro atoms. The van der Waals surface area contributed by atoms with E-state index in [-0.39, 0.29) is 18.3 Å². The number of carbonyl (C=O) groups excluding carboxylic acids is 1. The highest BCUT2D eigenvalue weighted by molar-refractivity contribution is 6.32. The number of fused-ring (bicyclic) bond motifs is 1. The van der Waals surface area contributed by atoms with Gasteiger partial charge in [0.15, 0.2) is 11.6 Å². The van der Waals surface area contributed by atoms with Crippen molar-refractivity contribution in [3.05, 3.63) is 71.1 Å². The Morgan fingerprint density at radius 2 is 1.97 bits per heavy atom. The summed E-state index contributed by atoms with van der Waals surface area (Å²) in [6.45, 7) is 7.76. The molecule has 0 fully saturated rings. The average molecular weight is 456 g/mol.